The van der Waals surface area contributed by atoms with Gasteiger partial charge in [-0.1, -0.05) is 12.1 Å². The molecular weight excluding hydrogens is 622 g/mol. The number of carbonyl (C=O) groups is 2. The molecular formula is C37H41N7O5. The van der Waals surface area contributed by atoms with Crippen LogP contribution in [0.5, 0.6) is 5.75 Å². The van der Waals surface area contributed by atoms with Gasteiger partial charge in [-0.15, -0.1) is 0 Å². The van der Waals surface area contributed by atoms with Gasteiger partial charge in [-0.25, -0.2) is 14.8 Å². The molecule has 0 spiro atoms. The van der Waals surface area contributed by atoms with Crippen molar-refractivity contribution in [2.24, 2.45) is 24.6 Å². The van der Waals surface area contributed by atoms with Gasteiger partial charge in [0.05, 0.1) is 24.9 Å². The largest absolute Gasteiger partial charge is 0.494 e. The van der Waals surface area contributed by atoms with Crippen LogP contribution in [0.25, 0.3) is 44.6 Å². The minimum atomic E-state index is -0.574. The molecule has 3 atom stereocenters. The summed E-state index contributed by atoms with van der Waals surface area (Å²) >= 11 is 0. The van der Waals surface area contributed by atoms with Crippen molar-refractivity contribution < 1.29 is 23.8 Å². The van der Waals surface area contributed by atoms with Crippen molar-refractivity contribution in [2.75, 3.05) is 39.3 Å². The average Bonchev–Trinajstić information content (AvgIpc) is 3.51. The van der Waals surface area contributed by atoms with E-state index in [4.69, 9.17) is 24.9 Å². The molecule has 0 unspecified atom stereocenters. The van der Waals surface area contributed by atoms with E-state index in [1.807, 2.05) is 30.1 Å². The van der Waals surface area contributed by atoms with Crippen LogP contribution in [0.4, 0.5) is 10.6 Å². The molecule has 4 heterocycles. The van der Waals surface area contributed by atoms with Crippen LogP contribution in [0.15, 0.2) is 54.7 Å². The van der Waals surface area contributed by atoms with Gasteiger partial charge < -0.3 is 34.0 Å². The average molecular weight is 664 g/mol. The summed E-state index contributed by atoms with van der Waals surface area (Å²) in [6.45, 7) is 2.09. The minimum absolute atomic E-state index is 0.00857. The Bertz CT molecular complexity index is 2070. The number of nitrogens with one attached hydrogen (secondary N) is 1. The lowest BCUT2D eigenvalue weighted by molar-refractivity contribution is 0.0700. The van der Waals surface area contributed by atoms with E-state index in [0.29, 0.717) is 42.1 Å². The lowest BCUT2D eigenvalue weighted by Crippen LogP contribution is -2.41. The van der Waals surface area contributed by atoms with Gasteiger partial charge in [0.15, 0.2) is 5.82 Å². The summed E-state index contributed by atoms with van der Waals surface area (Å²) in [5.74, 6) is 2.83. The van der Waals surface area contributed by atoms with Crippen LogP contribution in [-0.2, 0) is 23.1 Å². The Morgan fingerprint density at radius 1 is 1.00 bits per heavy atom. The Morgan fingerprint density at radius 2 is 1.84 bits per heavy atom. The smallest absolute Gasteiger partial charge is 0.412 e. The Kier molecular flexibility index (Phi) is 7.99. The lowest BCUT2D eigenvalue weighted by atomic mass is 10.1. The molecule has 3 aliphatic rings. The molecule has 1 aliphatic heterocycles. The van der Waals surface area contributed by atoms with Crippen LogP contribution in [0, 0.1) is 11.8 Å². The third-order valence-corrected chi connectivity index (χ3v) is 10.4. The summed E-state index contributed by atoms with van der Waals surface area (Å²) in [7, 11) is 5.20. The van der Waals surface area contributed by atoms with Gasteiger partial charge in [0.25, 0.3) is 5.91 Å². The maximum absolute atomic E-state index is 13.8. The van der Waals surface area contributed by atoms with Crippen LogP contribution in [-0.4, -0.2) is 82.1 Å². The Hall–Kier alpha value is -4.94. The van der Waals surface area contributed by atoms with Gasteiger partial charge in [-0.05, 0) is 79.5 Å². The monoisotopic (exact) mass is 663 g/mol. The zero-order valence-corrected chi connectivity index (χ0v) is 28.0. The number of fused-ring (bicyclic) bond motifs is 4. The first-order valence-corrected chi connectivity index (χ1v) is 17.0. The fourth-order valence-electron chi connectivity index (χ4n) is 7.64. The third kappa shape index (κ3) is 5.68. The van der Waals surface area contributed by atoms with Crippen LogP contribution < -0.4 is 15.8 Å². The zero-order valence-electron chi connectivity index (χ0n) is 28.0. The number of carbonyl (C=O) groups excluding carboxylic acids is 2. The van der Waals surface area contributed by atoms with Gasteiger partial charge >= 0.3 is 6.09 Å². The molecule has 3 N–H and O–H groups in total. The van der Waals surface area contributed by atoms with E-state index in [0.717, 1.165) is 64.0 Å². The number of piperidine rings is 1. The van der Waals surface area contributed by atoms with Crippen molar-refractivity contribution >= 4 is 39.8 Å². The van der Waals surface area contributed by atoms with E-state index in [2.05, 4.69) is 43.7 Å². The fraction of sp³-hybridized carbons (Fsp3) is 0.405. The number of pyridine rings is 1. The predicted octanol–water partition coefficient (Wildman–Crippen LogP) is 5.43. The second kappa shape index (κ2) is 12.5. The number of hydrogen-bond acceptors (Lipinski definition) is 8. The number of rotatable bonds is 10. The van der Waals surface area contributed by atoms with Crippen LogP contribution in [0.2, 0.25) is 0 Å². The first kappa shape index (κ1) is 31.3. The highest BCUT2D eigenvalue weighted by atomic mass is 16.6. The molecule has 49 heavy (non-hydrogen) atoms. The van der Waals surface area contributed by atoms with Crippen molar-refractivity contribution in [2.45, 2.75) is 44.3 Å². The Labute approximate surface area is 284 Å². The number of amides is 2. The highest BCUT2D eigenvalue weighted by Crippen LogP contribution is 2.41. The molecule has 1 saturated heterocycles. The number of aromatic nitrogens is 4. The maximum Gasteiger partial charge on any atom is 0.412 e. The number of aryl methyl sites for hydroxylation is 1. The standard InChI is InChI=1S/C37H41N7O5/c1-42-34-27(14-26(17-31(34)48-3)36(45)44-20-25-8-10-28(44)33(25)38)40-35(42)30-16-23-7-6-22(15-29(23)43(30)19-21-4-5-21)24-9-11-32(39-18-24)41-37(46)49-13-12-47-2/h6-7,9,11,14-18,21,25,28,33H,4-5,8,10,12-13,19-20,38H2,1-3H3,(H,39,41,46)/t25-,28-,33-/m1/s1. The molecule has 3 fully saturated rings. The minimum Gasteiger partial charge on any atom is -0.494 e. The number of anilines is 1. The molecule has 5 aromatic rings. The van der Waals surface area contributed by atoms with Gasteiger partial charge in [-0.2, -0.15) is 0 Å². The van der Waals surface area contributed by atoms with Gasteiger partial charge in [0, 0.05) is 67.6 Å². The second-order valence-corrected chi connectivity index (χ2v) is 13.5. The number of likely N-dealkylation sites (tertiary alicyclic amines) is 1. The second-order valence-electron chi connectivity index (χ2n) is 13.5. The van der Waals surface area contributed by atoms with E-state index < -0.39 is 6.09 Å². The molecule has 12 heteroatoms. The summed E-state index contributed by atoms with van der Waals surface area (Å²) in [5.41, 5.74) is 12.6. The lowest BCUT2D eigenvalue weighted by Gasteiger charge is -2.27. The molecule has 12 nitrogen and oxygen atoms in total. The van der Waals surface area contributed by atoms with Crippen LogP contribution >= 0.6 is 0 Å². The molecule has 2 aliphatic carbocycles. The summed E-state index contributed by atoms with van der Waals surface area (Å²) in [4.78, 5) is 37.3. The number of methoxy groups -OCH3 is 2. The van der Waals surface area contributed by atoms with Crippen molar-refractivity contribution in [1.82, 2.24) is 24.0 Å². The summed E-state index contributed by atoms with van der Waals surface area (Å²) in [6.07, 6.45) is 5.63. The first-order valence-electron chi connectivity index (χ1n) is 17.0. The van der Waals surface area contributed by atoms with E-state index in [9.17, 15) is 9.59 Å². The van der Waals surface area contributed by atoms with E-state index in [-0.39, 0.29) is 24.6 Å². The molecule has 2 aromatic carbocycles. The topological polar surface area (TPSA) is 139 Å². The molecule has 0 radical (unpaired) electrons. The van der Waals surface area contributed by atoms with Crippen LogP contribution in [0.3, 0.4) is 0 Å². The first-order chi connectivity index (χ1) is 23.8. The quantitative estimate of drug-likeness (QED) is 0.189. The molecule has 2 amide bonds. The third-order valence-electron chi connectivity index (χ3n) is 10.4. The number of nitrogens with two attached hydrogens (primary N) is 1. The molecule has 2 saturated carbocycles. The normalized spacial score (nSPS) is 20.0. The number of benzene rings is 2. The van der Waals surface area contributed by atoms with Crippen molar-refractivity contribution in [3.05, 3.63) is 60.3 Å². The molecule has 254 valence electrons. The van der Waals surface area contributed by atoms with Crippen LogP contribution in [0.1, 0.15) is 36.0 Å². The number of hydrogen-bond donors (Lipinski definition) is 2. The number of imidazole rings is 1. The molecule has 3 aromatic heterocycles. The maximum atomic E-state index is 13.8. The van der Waals surface area contributed by atoms with Gasteiger partial charge in [0.2, 0.25) is 0 Å². The number of ether oxygens (including phenoxy) is 3. The SMILES string of the molecule is COCCOC(=O)Nc1ccc(-c2ccc3cc(-c4nc5cc(C(=O)N6C[C@H]7CC[C@@H]6[C@@H]7N)cc(OC)c5n4C)n(CC4CC4)c3c2)cn1. The zero-order chi connectivity index (χ0) is 33.8. The number of nitrogens with zero attached hydrogens (tertiary/aromatic N) is 5. The highest BCUT2D eigenvalue weighted by molar-refractivity contribution is 6.00. The summed E-state index contributed by atoms with van der Waals surface area (Å²) in [5, 5.41) is 3.76. The summed E-state index contributed by atoms with van der Waals surface area (Å²) in [6, 6.07) is 16.2. The fourth-order valence-corrected chi connectivity index (χ4v) is 7.64. The van der Waals surface area contributed by atoms with Crippen molar-refractivity contribution in [3.8, 4) is 28.4 Å². The molecule has 2 bridgehead atoms. The van der Waals surface area contributed by atoms with E-state index >= 15 is 0 Å². The predicted molar refractivity (Wildman–Crippen MR) is 187 cm³/mol. The molecule has 8 rings (SSSR count). The Morgan fingerprint density at radius 3 is 2.53 bits per heavy atom. The summed E-state index contributed by atoms with van der Waals surface area (Å²) < 4.78 is 20.3. The van der Waals surface area contributed by atoms with Gasteiger partial charge in [0.1, 0.15) is 23.7 Å². The van der Waals surface area contributed by atoms with E-state index in [1.165, 1.54) is 12.8 Å². The highest BCUT2D eigenvalue weighted by Gasteiger charge is 2.47. The van der Waals surface area contributed by atoms with Crippen molar-refractivity contribution in [3.63, 3.8) is 0 Å². The van der Waals surface area contributed by atoms with Gasteiger partial charge in [-0.3, -0.25) is 10.1 Å². The van der Waals surface area contributed by atoms with E-state index in [1.54, 1.807) is 26.5 Å². The Balaban J connectivity index is 1.13. The van der Waals surface area contributed by atoms with Crippen molar-refractivity contribution in [1.29, 1.82) is 0 Å².